The van der Waals surface area contributed by atoms with Crippen molar-refractivity contribution >= 4 is 17.5 Å². The van der Waals surface area contributed by atoms with Gasteiger partial charge in [0.1, 0.15) is 0 Å². The van der Waals surface area contributed by atoms with E-state index in [0.29, 0.717) is 12.8 Å². The predicted octanol–water partition coefficient (Wildman–Crippen LogP) is 4.30. The number of hydrogen-bond acceptors (Lipinski definition) is 4. The van der Waals surface area contributed by atoms with Crippen LogP contribution in [0, 0.1) is 0 Å². The molecule has 1 saturated heterocycles. The van der Waals surface area contributed by atoms with E-state index >= 15 is 0 Å². The minimum atomic E-state index is -0.200. The molecule has 0 bridgehead atoms. The van der Waals surface area contributed by atoms with Gasteiger partial charge >= 0.3 is 0 Å². The molecule has 28 heavy (non-hydrogen) atoms. The predicted molar refractivity (Wildman–Crippen MR) is 116 cm³/mol. The van der Waals surface area contributed by atoms with Crippen LogP contribution in [0.15, 0.2) is 24.3 Å². The second-order valence-corrected chi connectivity index (χ2v) is 7.70. The molecule has 1 unspecified atom stereocenters. The molecule has 1 aliphatic rings. The Bertz CT molecular complexity index is 596. The molecule has 0 aromatic heterocycles. The van der Waals surface area contributed by atoms with Gasteiger partial charge in [-0.1, -0.05) is 51.7 Å². The Morgan fingerprint density at radius 2 is 1.61 bits per heavy atom. The number of piperidine rings is 1. The Balaban J connectivity index is 1.55. The fourth-order valence-corrected chi connectivity index (χ4v) is 3.78. The van der Waals surface area contributed by atoms with E-state index in [1.807, 2.05) is 24.3 Å². The average Bonchev–Trinajstić information content (AvgIpc) is 2.70. The molecule has 0 saturated carbocycles. The molecule has 1 aromatic rings. The van der Waals surface area contributed by atoms with E-state index in [1.54, 1.807) is 0 Å². The fourth-order valence-electron chi connectivity index (χ4n) is 3.78. The third-order valence-corrected chi connectivity index (χ3v) is 5.68. The number of nitrogens with zero attached hydrogens (tertiary/aromatic N) is 1. The molecule has 2 rings (SSSR count). The number of amides is 2. The van der Waals surface area contributed by atoms with Gasteiger partial charge in [-0.25, -0.2) is 0 Å². The van der Waals surface area contributed by atoms with Gasteiger partial charge in [-0.15, -0.1) is 0 Å². The first-order valence-corrected chi connectivity index (χ1v) is 11.0. The van der Waals surface area contributed by atoms with Crippen molar-refractivity contribution in [3.05, 3.63) is 29.8 Å². The molecule has 156 valence electrons. The lowest BCUT2D eigenvalue weighted by Crippen LogP contribution is -2.39. The summed E-state index contributed by atoms with van der Waals surface area (Å²) in [6.07, 6.45) is 8.79. The maximum atomic E-state index is 11.9. The van der Waals surface area contributed by atoms with E-state index in [1.165, 1.54) is 45.1 Å². The van der Waals surface area contributed by atoms with Gasteiger partial charge in [-0.3, -0.25) is 14.9 Å². The SMILES string of the molecule is CCN(CC)CCCCCCCCNc1ccc(C2CCC(=O)NC2=O)cc1. The smallest absolute Gasteiger partial charge is 0.234 e. The van der Waals surface area contributed by atoms with Crippen molar-refractivity contribution in [3.8, 4) is 0 Å². The maximum Gasteiger partial charge on any atom is 0.234 e. The first-order valence-electron chi connectivity index (χ1n) is 11.0. The zero-order valence-corrected chi connectivity index (χ0v) is 17.6. The van der Waals surface area contributed by atoms with Crippen LogP contribution in [0.4, 0.5) is 5.69 Å². The van der Waals surface area contributed by atoms with Crippen LogP contribution in [-0.4, -0.2) is 42.9 Å². The van der Waals surface area contributed by atoms with Gasteiger partial charge in [-0.2, -0.15) is 0 Å². The number of anilines is 1. The first-order chi connectivity index (χ1) is 13.6. The van der Waals surface area contributed by atoms with E-state index in [-0.39, 0.29) is 17.7 Å². The highest BCUT2D eigenvalue weighted by molar-refractivity contribution is 6.00. The maximum absolute atomic E-state index is 11.9. The lowest BCUT2D eigenvalue weighted by Gasteiger charge is -2.21. The molecule has 1 heterocycles. The summed E-state index contributed by atoms with van der Waals surface area (Å²) in [7, 11) is 0. The zero-order valence-electron chi connectivity index (χ0n) is 17.6. The summed E-state index contributed by atoms with van der Waals surface area (Å²) in [5.74, 6) is -0.536. The molecule has 0 aliphatic carbocycles. The second-order valence-electron chi connectivity index (χ2n) is 7.70. The highest BCUT2D eigenvalue weighted by atomic mass is 16.2. The largest absolute Gasteiger partial charge is 0.385 e. The number of rotatable bonds is 13. The van der Waals surface area contributed by atoms with Crippen molar-refractivity contribution in [2.45, 2.75) is 71.1 Å². The van der Waals surface area contributed by atoms with Crippen LogP contribution in [0.1, 0.15) is 76.7 Å². The van der Waals surface area contributed by atoms with Gasteiger partial charge in [0.2, 0.25) is 11.8 Å². The lowest BCUT2D eigenvalue weighted by atomic mass is 9.90. The first kappa shape index (κ1) is 22.4. The Labute approximate surface area is 170 Å². The third kappa shape index (κ3) is 7.63. The normalized spacial score (nSPS) is 17.0. The van der Waals surface area contributed by atoms with E-state index in [0.717, 1.165) is 30.9 Å². The molecule has 1 aliphatic heterocycles. The molecule has 0 spiro atoms. The van der Waals surface area contributed by atoms with Crippen molar-refractivity contribution in [3.63, 3.8) is 0 Å². The minimum Gasteiger partial charge on any atom is -0.385 e. The summed E-state index contributed by atoms with van der Waals surface area (Å²) in [5.41, 5.74) is 2.08. The van der Waals surface area contributed by atoms with Gasteiger partial charge in [0, 0.05) is 18.7 Å². The van der Waals surface area contributed by atoms with Crippen molar-refractivity contribution in [2.24, 2.45) is 0 Å². The topological polar surface area (TPSA) is 61.4 Å². The Kier molecular flexibility index (Phi) is 10.0. The molecular formula is C23H37N3O2. The summed E-state index contributed by atoms with van der Waals surface area (Å²) < 4.78 is 0. The monoisotopic (exact) mass is 387 g/mol. The highest BCUT2D eigenvalue weighted by Crippen LogP contribution is 2.25. The van der Waals surface area contributed by atoms with Gasteiger partial charge in [0.05, 0.1) is 5.92 Å². The third-order valence-electron chi connectivity index (χ3n) is 5.68. The van der Waals surface area contributed by atoms with Crippen LogP contribution in [0.25, 0.3) is 0 Å². The summed E-state index contributed by atoms with van der Waals surface area (Å²) in [4.78, 5) is 25.7. The molecule has 1 aromatic carbocycles. The molecule has 5 nitrogen and oxygen atoms in total. The van der Waals surface area contributed by atoms with Gasteiger partial charge < -0.3 is 10.2 Å². The quantitative estimate of drug-likeness (QED) is 0.391. The minimum absolute atomic E-state index is 0.163. The van der Waals surface area contributed by atoms with Crippen LogP contribution in [-0.2, 0) is 9.59 Å². The zero-order chi connectivity index (χ0) is 20.2. The number of unbranched alkanes of at least 4 members (excludes halogenated alkanes) is 5. The number of nitrogens with one attached hydrogen (secondary N) is 2. The molecule has 2 amide bonds. The van der Waals surface area contributed by atoms with Gasteiger partial charge in [0.15, 0.2) is 0 Å². The molecule has 1 fully saturated rings. The van der Waals surface area contributed by atoms with Gasteiger partial charge in [-0.05, 0) is 56.6 Å². The molecule has 0 radical (unpaired) electrons. The molecule has 2 N–H and O–H groups in total. The second kappa shape index (κ2) is 12.6. The van der Waals surface area contributed by atoms with Crippen molar-refractivity contribution < 1.29 is 9.59 Å². The lowest BCUT2D eigenvalue weighted by molar-refractivity contribution is -0.134. The summed E-state index contributed by atoms with van der Waals surface area (Å²) in [5, 5.41) is 5.89. The van der Waals surface area contributed by atoms with E-state index in [2.05, 4.69) is 29.4 Å². The fraction of sp³-hybridized carbons (Fsp3) is 0.652. The van der Waals surface area contributed by atoms with Crippen LogP contribution < -0.4 is 10.6 Å². The van der Waals surface area contributed by atoms with E-state index in [9.17, 15) is 9.59 Å². The number of carbonyl (C=O) groups is 2. The number of imide groups is 1. The standard InChI is InChI=1S/C23H37N3O2/c1-3-26(4-2)18-10-8-6-5-7-9-17-24-20-13-11-19(12-14-20)21-15-16-22(27)25-23(21)28/h11-14,21,24H,3-10,15-18H2,1-2H3,(H,25,27,28). The van der Waals surface area contributed by atoms with Crippen LogP contribution in [0.3, 0.4) is 0 Å². The number of hydrogen-bond donors (Lipinski definition) is 2. The van der Waals surface area contributed by atoms with Crippen molar-refractivity contribution in [1.82, 2.24) is 10.2 Å². The Hall–Kier alpha value is -1.88. The Morgan fingerprint density at radius 1 is 0.964 bits per heavy atom. The van der Waals surface area contributed by atoms with Crippen LogP contribution in [0.2, 0.25) is 0 Å². The van der Waals surface area contributed by atoms with Crippen molar-refractivity contribution in [1.29, 1.82) is 0 Å². The van der Waals surface area contributed by atoms with Crippen molar-refractivity contribution in [2.75, 3.05) is 31.5 Å². The molecule has 5 heteroatoms. The number of carbonyl (C=O) groups excluding carboxylic acids is 2. The van der Waals surface area contributed by atoms with Crippen LogP contribution >= 0.6 is 0 Å². The summed E-state index contributed by atoms with van der Waals surface area (Å²) in [6.45, 7) is 9.02. The Morgan fingerprint density at radius 3 is 2.25 bits per heavy atom. The molecular weight excluding hydrogens is 350 g/mol. The van der Waals surface area contributed by atoms with E-state index in [4.69, 9.17) is 0 Å². The average molecular weight is 388 g/mol. The van der Waals surface area contributed by atoms with Crippen LogP contribution in [0.5, 0.6) is 0 Å². The van der Waals surface area contributed by atoms with Gasteiger partial charge in [0.25, 0.3) is 0 Å². The highest BCUT2D eigenvalue weighted by Gasteiger charge is 2.27. The summed E-state index contributed by atoms with van der Waals surface area (Å²) in [6, 6.07) is 8.06. The van der Waals surface area contributed by atoms with E-state index < -0.39 is 0 Å². The number of benzene rings is 1. The molecule has 1 atom stereocenters. The summed E-state index contributed by atoms with van der Waals surface area (Å²) >= 11 is 0.